The minimum absolute atomic E-state index is 1.00. The number of aryl methyl sites for hydroxylation is 2. The van der Waals surface area contributed by atoms with Crippen molar-refractivity contribution in [1.29, 1.82) is 0 Å². The largest absolute Gasteiger partial charge is 0.237 e. The van der Waals surface area contributed by atoms with Crippen molar-refractivity contribution < 1.29 is 0 Å². The zero-order valence-electron chi connectivity index (χ0n) is 7.99. The Bertz CT molecular complexity index is 417. The summed E-state index contributed by atoms with van der Waals surface area (Å²) >= 11 is 0. The second-order valence-electron chi connectivity index (χ2n) is 3.20. The highest BCUT2D eigenvalue weighted by Gasteiger charge is 2.07. The topological polar surface area (TPSA) is 30.2 Å². The maximum atomic E-state index is 4.39. The summed E-state index contributed by atoms with van der Waals surface area (Å²) in [5.41, 5.74) is 3.38. The molecule has 0 aromatic carbocycles. The van der Waals surface area contributed by atoms with Gasteiger partial charge in [0.25, 0.3) is 0 Å². The SMILES string of the molecule is CCCc1c(C)nn2cccnc12. The molecule has 2 rings (SSSR count). The highest BCUT2D eigenvalue weighted by molar-refractivity contribution is 5.49. The van der Waals surface area contributed by atoms with Crippen molar-refractivity contribution in [2.75, 3.05) is 0 Å². The molecule has 13 heavy (non-hydrogen) atoms. The van der Waals surface area contributed by atoms with Gasteiger partial charge in [0.2, 0.25) is 0 Å². The van der Waals surface area contributed by atoms with Crippen LogP contribution in [0.4, 0.5) is 0 Å². The monoisotopic (exact) mass is 175 g/mol. The first-order valence-corrected chi connectivity index (χ1v) is 4.61. The zero-order valence-corrected chi connectivity index (χ0v) is 7.99. The molecule has 0 aliphatic rings. The van der Waals surface area contributed by atoms with Gasteiger partial charge in [-0.1, -0.05) is 13.3 Å². The first kappa shape index (κ1) is 8.23. The first-order valence-electron chi connectivity index (χ1n) is 4.61. The molecule has 0 aliphatic heterocycles. The van der Waals surface area contributed by atoms with E-state index in [0.717, 1.165) is 24.2 Å². The number of hydrogen-bond donors (Lipinski definition) is 0. The minimum Gasteiger partial charge on any atom is -0.237 e. The van der Waals surface area contributed by atoms with Crippen LogP contribution in [-0.2, 0) is 6.42 Å². The Morgan fingerprint density at radius 1 is 1.46 bits per heavy atom. The highest BCUT2D eigenvalue weighted by atomic mass is 15.2. The standard InChI is InChI=1S/C10H13N3/c1-3-5-9-8(2)12-13-7-4-6-11-10(9)13/h4,6-7H,3,5H2,1-2H3. The van der Waals surface area contributed by atoms with Gasteiger partial charge in [-0.15, -0.1) is 0 Å². The van der Waals surface area contributed by atoms with Gasteiger partial charge in [0, 0.05) is 18.0 Å². The molecule has 2 aromatic rings. The molecular weight excluding hydrogens is 162 g/mol. The molecule has 0 saturated carbocycles. The van der Waals surface area contributed by atoms with Gasteiger partial charge in [0.1, 0.15) is 0 Å². The maximum Gasteiger partial charge on any atom is 0.158 e. The van der Waals surface area contributed by atoms with E-state index < -0.39 is 0 Å². The molecule has 68 valence electrons. The molecule has 2 heterocycles. The predicted molar refractivity (Wildman–Crippen MR) is 51.7 cm³/mol. The third kappa shape index (κ3) is 1.30. The molecule has 0 bridgehead atoms. The molecular formula is C10H13N3. The number of fused-ring (bicyclic) bond motifs is 1. The maximum absolute atomic E-state index is 4.39. The molecule has 0 atom stereocenters. The van der Waals surface area contributed by atoms with Crippen LogP contribution >= 0.6 is 0 Å². The van der Waals surface area contributed by atoms with Crippen molar-refractivity contribution in [3.63, 3.8) is 0 Å². The van der Waals surface area contributed by atoms with Crippen LogP contribution in [-0.4, -0.2) is 14.6 Å². The average molecular weight is 175 g/mol. The summed E-state index contributed by atoms with van der Waals surface area (Å²) in [7, 11) is 0. The molecule has 0 unspecified atom stereocenters. The van der Waals surface area contributed by atoms with Gasteiger partial charge in [-0.25, -0.2) is 9.50 Å². The van der Waals surface area contributed by atoms with Crippen LogP contribution in [0.25, 0.3) is 5.65 Å². The van der Waals surface area contributed by atoms with E-state index in [1.807, 2.05) is 29.9 Å². The van der Waals surface area contributed by atoms with Gasteiger partial charge >= 0.3 is 0 Å². The predicted octanol–water partition coefficient (Wildman–Crippen LogP) is 1.99. The van der Waals surface area contributed by atoms with Gasteiger partial charge < -0.3 is 0 Å². The van der Waals surface area contributed by atoms with Crippen LogP contribution in [0.2, 0.25) is 0 Å². The Labute approximate surface area is 77.4 Å². The van der Waals surface area contributed by atoms with Crippen LogP contribution in [0.3, 0.4) is 0 Å². The van der Waals surface area contributed by atoms with Gasteiger partial charge in [-0.2, -0.15) is 5.10 Å². The van der Waals surface area contributed by atoms with Crippen molar-refractivity contribution in [1.82, 2.24) is 14.6 Å². The highest BCUT2D eigenvalue weighted by Crippen LogP contribution is 2.14. The Balaban J connectivity index is 2.64. The molecule has 0 spiro atoms. The van der Waals surface area contributed by atoms with Crippen LogP contribution in [0.1, 0.15) is 24.6 Å². The third-order valence-corrected chi connectivity index (χ3v) is 2.19. The van der Waals surface area contributed by atoms with E-state index in [2.05, 4.69) is 17.0 Å². The van der Waals surface area contributed by atoms with Crippen molar-refractivity contribution in [2.24, 2.45) is 0 Å². The van der Waals surface area contributed by atoms with E-state index in [1.54, 1.807) is 0 Å². The lowest BCUT2D eigenvalue weighted by atomic mass is 10.1. The fraction of sp³-hybridized carbons (Fsp3) is 0.400. The Hall–Kier alpha value is -1.38. The fourth-order valence-corrected chi connectivity index (χ4v) is 1.59. The third-order valence-electron chi connectivity index (χ3n) is 2.19. The lowest BCUT2D eigenvalue weighted by Gasteiger charge is -1.94. The molecule has 0 aliphatic carbocycles. The molecule has 0 N–H and O–H groups in total. The number of nitrogens with zero attached hydrogens (tertiary/aromatic N) is 3. The number of rotatable bonds is 2. The van der Waals surface area contributed by atoms with Gasteiger partial charge in [-0.05, 0) is 19.4 Å². The lowest BCUT2D eigenvalue weighted by Crippen LogP contribution is -1.89. The normalized spacial score (nSPS) is 10.9. The molecule has 3 nitrogen and oxygen atoms in total. The first-order chi connectivity index (χ1) is 6.33. The van der Waals surface area contributed by atoms with Gasteiger partial charge in [0.05, 0.1) is 5.69 Å². The molecule has 2 aromatic heterocycles. The average Bonchev–Trinajstić information content (AvgIpc) is 2.44. The molecule has 0 fully saturated rings. The molecule has 3 heteroatoms. The van der Waals surface area contributed by atoms with E-state index in [0.29, 0.717) is 0 Å². The molecule has 0 amide bonds. The summed E-state index contributed by atoms with van der Waals surface area (Å²) in [4.78, 5) is 4.32. The summed E-state index contributed by atoms with van der Waals surface area (Å²) in [5.74, 6) is 0. The summed E-state index contributed by atoms with van der Waals surface area (Å²) in [5, 5.41) is 4.39. The Morgan fingerprint density at radius 2 is 2.31 bits per heavy atom. The second kappa shape index (κ2) is 3.17. The van der Waals surface area contributed by atoms with Gasteiger partial charge in [-0.3, -0.25) is 0 Å². The molecule has 0 saturated heterocycles. The lowest BCUT2D eigenvalue weighted by molar-refractivity contribution is 0.908. The van der Waals surface area contributed by atoms with E-state index >= 15 is 0 Å². The van der Waals surface area contributed by atoms with Crippen molar-refractivity contribution in [2.45, 2.75) is 26.7 Å². The smallest absolute Gasteiger partial charge is 0.158 e. The minimum atomic E-state index is 1.00. The summed E-state index contributed by atoms with van der Waals surface area (Å²) in [6.07, 6.45) is 5.95. The summed E-state index contributed by atoms with van der Waals surface area (Å²) in [6, 6.07) is 1.90. The van der Waals surface area contributed by atoms with Crippen LogP contribution in [0.5, 0.6) is 0 Å². The van der Waals surface area contributed by atoms with Crippen LogP contribution in [0, 0.1) is 6.92 Å². The van der Waals surface area contributed by atoms with E-state index in [-0.39, 0.29) is 0 Å². The molecule has 0 radical (unpaired) electrons. The van der Waals surface area contributed by atoms with Crippen molar-refractivity contribution in [3.8, 4) is 0 Å². The van der Waals surface area contributed by atoms with Crippen LogP contribution < -0.4 is 0 Å². The second-order valence-corrected chi connectivity index (χ2v) is 3.20. The Morgan fingerprint density at radius 3 is 3.08 bits per heavy atom. The number of aromatic nitrogens is 3. The van der Waals surface area contributed by atoms with Gasteiger partial charge in [0.15, 0.2) is 5.65 Å². The van der Waals surface area contributed by atoms with Crippen molar-refractivity contribution >= 4 is 5.65 Å². The summed E-state index contributed by atoms with van der Waals surface area (Å²) < 4.78 is 1.85. The van der Waals surface area contributed by atoms with Crippen LogP contribution in [0.15, 0.2) is 18.5 Å². The van der Waals surface area contributed by atoms with E-state index in [4.69, 9.17) is 0 Å². The van der Waals surface area contributed by atoms with E-state index in [1.165, 1.54) is 5.56 Å². The fourth-order valence-electron chi connectivity index (χ4n) is 1.59. The Kier molecular flexibility index (Phi) is 2.00. The number of hydrogen-bond acceptors (Lipinski definition) is 2. The van der Waals surface area contributed by atoms with E-state index in [9.17, 15) is 0 Å². The summed E-state index contributed by atoms with van der Waals surface area (Å²) in [6.45, 7) is 4.21. The quantitative estimate of drug-likeness (QED) is 0.698. The zero-order chi connectivity index (χ0) is 9.26. The van der Waals surface area contributed by atoms with Crippen molar-refractivity contribution in [3.05, 3.63) is 29.7 Å².